The van der Waals surface area contributed by atoms with Gasteiger partial charge in [-0.25, -0.2) is 0 Å². The number of carbonyl (C=O) groups is 1. The highest BCUT2D eigenvalue weighted by Crippen LogP contribution is 2.16. The first-order valence-electron chi connectivity index (χ1n) is 8.57. The highest BCUT2D eigenvalue weighted by atomic mass is 35.5. The summed E-state index contributed by atoms with van der Waals surface area (Å²) in [6.45, 7) is 2.45. The van der Waals surface area contributed by atoms with E-state index in [9.17, 15) is 9.00 Å². The fourth-order valence-electron chi connectivity index (χ4n) is 2.61. The summed E-state index contributed by atoms with van der Waals surface area (Å²) in [5, 5.41) is 3.52. The lowest BCUT2D eigenvalue weighted by Gasteiger charge is -2.04. The second-order valence-electron chi connectivity index (χ2n) is 6.20. The van der Waals surface area contributed by atoms with E-state index in [1.165, 1.54) is 0 Å². The number of aryl methyl sites for hydroxylation is 1. The van der Waals surface area contributed by atoms with Crippen molar-refractivity contribution in [2.75, 3.05) is 6.54 Å². The van der Waals surface area contributed by atoms with Crippen molar-refractivity contribution in [2.45, 2.75) is 24.0 Å². The van der Waals surface area contributed by atoms with Crippen LogP contribution in [-0.2, 0) is 23.0 Å². The third-order valence-corrected chi connectivity index (χ3v) is 5.60. The molecule has 140 valence electrons. The van der Waals surface area contributed by atoms with Gasteiger partial charge in [-0.3, -0.25) is 9.00 Å². The van der Waals surface area contributed by atoms with E-state index in [1.54, 1.807) is 12.1 Å². The molecule has 0 bridgehead atoms. The third kappa shape index (κ3) is 5.55. The van der Waals surface area contributed by atoms with Crippen LogP contribution in [-0.4, -0.2) is 16.7 Å². The van der Waals surface area contributed by atoms with Crippen LogP contribution in [0.5, 0.6) is 0 Å². The van der Waals surface area contributed by atoms with E-state index < -0.39 is 10.8 Å². The Labute approximate surface area is 166 Å². The average molecular weight is 402 g/mol. The largest absolute Gasteiger partial charge is 0.455 e. The molecule has 3 rings (SSSR count). The maximum atomic E-state index is 12.4. The van der Waals surface area contributed by atoms with Crippen LogP contribution in [0.2, 0.25) is 5.02 Å². The zero-order valence-electron chi connectivity index (χ0n) is 14.9. The number of hydrogen-bond donors (Lipinski definition) is 1. The van der Waals surface area contributed by atoms with E-state index >= 15 is 0 Å². The monoisotopic (exact) mass is 401 g/mol. The van der Waals surface area contributed by atoms with Crippen molar-refractivity contribution in [3.05, 3.63) is 88.3 Å². The first-order valence-corrected chi connectivity index (χ1v) is 10.3. The van der Waals surface area contributed by atoms with E-state index in [2.05, 4.69) is 5.32 Å². The Morgan fingerprint density at radius 1 is 1.11 bits per heavy atom. The summed E-state index contributed by atoms with van der Waals surface area (Å²) < 4.78 is 18.0. The van der Waals surface area contributed by atoms with Gasteiger partial charge in [0.1, 0.15) is 5.76 Å². The second kappa shape index (κ2) is 9.02. The minimum atomic E-state index is -1.21. The Bertz CT molecular complexity index is 950. The van der Waals surface area contributed by atoms with Crippen LogP contribution >= 0.6 is 11.6 Å². The van der Waals surface area contributed by atoms with Gasteiger partial charge in [0.25, 0.3) is 5.91 Å². The van der Waals surface area contributed by atoms with E-state index in [0.717, 1.165) is 16.0 Å². The molecule has 1 N–H and O–H groups in total. The second-order valence-corrected chi connectivity index (χ2v) is 8.09. The minimum Gasteiger partial charge on any atom is -0.455 e. The van der Waals surface area contributed by atoms with Gasteiger partial charge in [0, 0.05) is 16.5 Å². The molecule has 3 aromatic rings. The normalized spacial score (nSPS) is 11.9. The number of hydrogen-bond acceptors (Lipinski definition) is 3. The molecule has 0 saturated carbocycles. The molecule has 0 radical (unpaired) electrons. The van der Waals surface area contributed by atoms with Crippen LogP contribution in [0, 0.1) is 6.92 Å². The first kappa shape index (κ1) is 19.4. The molecule has 0 aliphatic carbocycles. The van der Waals surface area contributed by atoms with Gasteiger partial charge in [-0.05, 0) is 60.9 Å². The van der Waals surface area contributed by atoms with E-state index in [-0.39, 0.29) is 17.4 Å². The lowest BCUT2D eigenvalue weighted by atomic mass is 10.1. The minimum absolute atomic E-state index is 0.224. The van der Waals surface area contributed by atoms with Gasteiger partial charge < -0.3 is 9.73 Å². The Morgan fingerprint density at radius 2 is 1.89 bits per heavy atom. The number of furan rings is 1. The zero-order valence-corrected chi connectivity index (χ0v) is 16.5. The molecule has 1 amide bonds. The van der Waals surface area contributed by atoms with Crippen molar-refractivity contribution < 1.29 is 13.4 Å². The lowest BCUT2D eigenvalue weighted by Crippen LogP contribution is -2.25. The molecule has 0 spiro atoms. The van der Waals surface area contributed by atoms with Gasteiger partial charge in [-0.15, -0.1) is 0 Å². The highest BCUT2D eigenvalue weighted by Gasteiger charge is 2.13. The number of benzene rings is 2. The van der Waals surface area contributed by atoms with Crippen molar-refractivity contribution in [3.63, 3.8) is 0 Å². The summed E-state index contributed by atoms with van der Waals surface area (Å²) >= 11 is 5.86. The van der Waals surface area contributed by atoms with E-state index in [0.29, 0.717) is 23.7 Å². The van der Waals surface area contributed by atoms with Crippen LogP contribution in [0.4, 0.5) is 0 Å². The van der Waals surface area contributed by atoms with Crippen LogP contribution in [0.15, 0.2) is 70.0 Å². The Morgan fingerprint density at radius 3 is 2.63 bits per heavy atom. The molecule has 0 fully saturated rings. The fourth-order valence-corrected chi connectivity index (χ4v) is 3.86. The van der Waals surface area contributed by atoms with Gasteiger partial charge in [-0.1, -0.05) is 35.9 Å². The van der Waals surface area contributed by atoms with E-state index in [4.69, 9.17) is 16.0 Å². The molecule has 4 nitrogen and oxygen atoms in total. The van der Waals surface area contributed by atoms with Crippen molar-refractivity contribution in [3.8, 4) is 0 Å². The maximum absolute atomic E-state index is 12.4. The number of carbonyl (C=O) groups excluding carboxylic acids is 1. The summed E-state index contributed by atoms with van der Waals surface area (Å²) in [5.41, 5.74) is 2.15. The van der Waals surface area contributed by atoms with Crippen LogP contribution < -0.4 is 5.32 Å². The quantitative estimate of drug-likeness (QED) is 0.633. The predicted octanol–water partition coefficient (Wildman–Crippen LogP) is 4.52. The zero-order chi connectivity index (χ0) is 19.2. The van der Waals surface area contributed by atoms with Gasteiger partial charge in [0.05, 0.1) is 16.6 Å². The molecular formula is C21H20ClNO3S. The van der Waals surface area contributed by atoms with Crippen LogP contribution in [0.3, 0.4) is 0 Å². The first-order chi connectivity index (χ1) is 13.0. The molecule has 0 aliphatic heterocycles. The van der Waals surface area contributed by atoms with Crippen molar-refractivity contribution >= 4 is 28.3 Å². The standard InChI is InChI=1S/C21H20ClNO3S/c1-15-3-2-4-19(13-15)27(25)14-18-9-10-20(26-18)21(24)23-12-11-16-5-7-17(22)8-6-16/h2-10,13H,11-12,14H2,1H3,(H,23,24). The summed E-state index contributed by atoms with van der Waals surface area (Å²) in [5.74, 6) is 0.707. The summed E-state index contributed by atoms with van der Waals surface area (Å²) in [6.07, 6.45) is 0.702. The van der Waals surface area contributed by atoms with Crippen molar-refractivity contribution in [1.29, 1.82) is 0 Å². The number of halogens is 1. The van der Waals surface area contributed by atoms with Gasteiger partial charge >= 0.3 is 0 Å². The smallest absolute Gasteiger partial charge is 0.287 e. The average Bonchev–Trinajstić information content (AvgIpc) is 3.12. The topological polar surface area (TPSA) is 59.3 Å². The molecule has 1 aromatic heterocycles. The number of rotatable bonds is 7. The molecule has 0 aliphatic rings. The molecule has 1 atom stereocenters. The number of amides is 1. The Balaban J connectivity index is 1.52. The fraction of sp³-hybridized carbons (Fsp3) is 0.190. The predicted molar refractivity (Wildman–Crippen MR) is 107 cm³/mol. The SMILES string of the molecule is Cc1cccc(S(=O)Cc2ccc(C(=O)NCCc3ccc(Cl)cc3)o2)c1. The maximum Gasteiger partial charge on any atom is 0.287 e. The molecule has 1 unspecified atom stereocenters. The van der Waals surface area contributed by atoms with Crippen LogP contribution in [0.1, 0.15) is 27.4 Å². The van der Waals surface area contributed by atoms with Gasteiger partial charge in [0.2, 0.25) is 0 Å². The molecular weight excluding hydrogens is 382 g/mol. The summed E-state index contributed by atoms with van der Waals surface area (Å²) in [4.78, 5) is 13.0. The molecule has 0 saturated heterocycles. The molecule has 27 heavy (non-hydrogen) atoms. The van der Waals surface area contributed by atoms with Crippen molar-refractivity contribution in [2.24, 2.45) is 0 Å². The lowest BCUT2D eigenvalue weighted by molar-refractivity contribution is 0.0925. The van der Waals surface area contributed by atoms with Gasteiger partial charge in [-0.2, -0.15) is 0 Å². The number of nitrogens with one attached hydrogen (secondary N) is 1. The van der Waals surface area contributed by atoms with Gasteiger partial charge in [0.15, 0.2) is 5.76 Å². The third-order valence-electron chi connectivity index (χ3n) is 4.02. The highest BCUT2D eigenvalue weighted by molar-refractivity contribution is 7.84. The molecule has 2 aromatic carbocycles. The van der Waals surface area contributed by atoms with Crippen molar-refractivity contribution in [1.82, 2.24) is 5.32 Å². The Kier molecular flexibility index (Phi) is 6.48. The van der Waals surface area contributed by atoms with Crippen LogP contribution in [0.25, 0.3) is 0 Å². The molecule has 6 heteroatoms. The molecule has 1 heterocycles. The van der Waals surface area contributed by atoms with E-state index in [1.807, 2.05) is 55.5 Å². The summed E-state index contributed by atoms with van der Waals surface area (Å²) in [6, 6.07) is 18.4. The Hall–Kier alpha value is -2.37. The summed E-state index contributed by atoms with van der Waals surface area (Å²) in [7, 11) is -1.21.